The van der Waals surface area contributed by atoms with E-state index in [0.29, 0.717) is 10.1 Å². The quantitative estimate of drug-likeness (QED) is 0.902. The van der Waals surface area contributed by atoms with Crippen LogP contribution >= 0.6 is 11.8 Å². The predicted molar refractivity (Wildman–Crippen MR) is 61.3 cm³/mol. The van der Waals surface area contributed by atoms with Crippen molar-refractivity contribution in [3.05, 3.63) is 35.5 Å². The molecule has 0 aromatic carbocycles. The summed E-state index contributed by atoms with van der Waals surface area (Å²) in [6.45, 7) is 3.65. The summed E-state index contributed by atoms with van der Waals surface area (Å²) in [5.41, 5.74) is 0.992. The van der Waals surface area contributed by atoms with E-state index in [9.17, 15) is 4.79 Å². The fourth-order valence-electron chi connectivity index (χ4n) is 1.22. The SMILES string of the molecule is Cc1nc(Sc2cnccc2C(=O)O)oc1C. The number of hydrogen-bond donors (Lipinski definition) is 1. The van der Waals surface area contributed by atoms with E-state index in [1.54, 1.807) is 0 Å². The van der Waals surface area contributed by atoms with Crippen molar-refractivity contribution in [2.24, 2.45) is 0 Å². The van der Waals surface area contributed by atoms with Crippen molar-refractivity contribution in [2.45, 2.75) is 24.0 Å². The molecule has 0 amide bonds. The van der Waals surface area contributed by atoms with Gasteiger partial charge in [0.2, 0.25) is 0 Å². The summed E-state index contributed by atoms with van der Waals surface area (Å²) in [6.07, 6.45) is 2.93. The number of nitrogens with zero attached hydrogens (tertiary/aromatic N) is 2. The number of pyridine rings is 1. The van der Waals surface area contributed by atoms with Gasteiger partial charge in [0.1, 0.15) is 5.76 Å². The molecule has 88 valence electrons. The molecule has 0 aliphatic heterocycles. The topological polar surface area (TPSA) is 76.2 Å². The van der Waals surface area contributed by atoms with Crippen LogP contribution in [0.4, 0.5) is 0 Å². The van der Waals surface area contributed by atoms with Crippen LogP contribution in [0.2, 0.25) is 0 Å². The Kier molecular flexibility index (Phi) is 3.14. The molecule has 2 rings (SSSR count). The minimum atomic E-state index is -0.991. The maximum atomic E-state index is 11.0. The van der Waals surface area contributed by atoms with Gasteiger partial charge in [0.25, 0.3) is 5.22 Å². The summed E-state index contributed by atoms with van der Waals surface area (Å²) < 4.78 is 5.38. The molecule has 0 spiro atoms. The summed E-state index contributed by atoms with van der Waals surface area (Å²) in [5, 5.41) is 9.44. The average molecular weight is 250 g/mol. The minimum Gasteiger partial charge on any atom is -0.478 e. The molecular weight excluding hydrogens is 240 g/mol. The van der Waals surface area contributed by atoms with Crippen LogP contribution in [-0.4, -0.2) is 21.0 Å². The molecule has 0 fully saturated rings. The van der Waals surface area contributed by atoms with Crippen LogP contribution in [0.3, 0.4) is 0 Å². The van der Waals surface area contributed by atoms with Crippen LogP contribution in [0.1, 0.15) is 21.8 Å². The van der Waals surface area contributed by atoms with Crippen LogP contribution in [0, 0.1) is 13.8 Å². The Hall–Kier alpha value is -1.82. The number of carbonyl (C=O) groups is 1. The van der Waals surface area contributed by atoms with Crippen molar-refractivity contribution in [1.29, 1.82) is 0 Å². The van der Waals surface area contributed by atoms with Gasteiger partial charge in [-0.1, -0.05) is 0 Å². The van der Waals surface area contributed by atoms with Gasteiger partial charge in [-0.2, -0.15) is 0 Å². The highest BCUT2D eigenvalue weighted by Gasteiger charge is 2.14. The lowest BCUT2D eigenvalue weighted by atomic mass is 10.3. The maximum absolute atomic E-state index is 11.0. The fraction of sp³-hybridized carbons (Fsp3) is 0.182. The van der Waals surface area contributed by atoms with E-state index in [0.717, 1.165) is 23.2 Å². The molecule has 0 saturated heterocycles. The van der Waals surface area contributed by atoms with E-state index in [2.05, 4.69) is 9.97 Å². The van der Waals surface area contributed by atoms with Gasteiger partial charge in [-0.15, -0.1) is 0 Å². The zero-order valence-electron chi connectivity index (χ0n) is 9.30. The van der Waals surface area contributed by atoms with Crippen molar-refractivity contribution < 1.29 is 14.3 Å². The van der Waals surface area contributed by atoms with Crippen molar-refractivity contribution in [3.63, 3.8) is 0 Å². The lowest BCUT2D eigenvalue weighted by Crippen LogP contribution is -1.98. The van der Waals surface area contributed by atoms with Crippen LogP contribution in [0.5, 0.6) is 0 Å². The molecule has 17 heavy (non-hydrogen) atoms. The van der Waals surface area contributed by atoms with Crippen LogP contribution in [0.25, 0.3) is 0 Å². The Bertz CT molecular complexity index is 546. The number of rotatable bonds is 3. The second kappa shape index (κ2) is 4.58. The first-order valence-corrected chi connectivity index (χ1v) is 5.69. The molecule has 5 nitrogen and oxygen atoms in total. The summed E-state index contributed by atoms with van der Waals surface area (Å²) in [4.78, 5) is 19.6. The average Bonchev–Trinajstić information content (AvgIpc) is 2.58. The standard InChI is InChI=1S/C11H10N2O3S/c1-6-7(2)16-11(13-6)17-9-5-12-4-3-8(9)10(14)15/h3-5H,1-2H3,(H,14,15). The first kappa shape index (κ1) is 11.7. The van der Waals surface area contributed by atoms with Gasteiger partial charge in [-0.3, -0.25) is 4.98 Å². The summed E-state index contributed by atoms with van der Waals surface area (Å²) >= 11 is 1.16. The lowest BCUT2D eigenvalue weighted by molar-refractivity contribution is 0.0693. The number of oxazole rings is 1. The molecule has 6 heteroatoms. The number of hydrogen-bond acceptors (Lipinski definition) is 5. The molecule has 0 radical (unpaired) electrons. The van der Waals surface area contributed by atoms with Gasteiger partial charge in [-0.25, -0.2) is 9.78 Å². The second-order valence-electron chi connectivity index (χ2n) is 3.40. The first-order chi connectivity index (χ1) is 8.08. The van der Waals surface area contributed by atoms with Gasteiger partial charge >= 0.3 is 5.97 Å². The van der Waals surface area contributed by atoms with Crippen LogP contribution in [0.15, 0.2) is 33.0 Å². The smallest absolute Gasteiger partial charge is 0.336 e. The second-order valence-corrected chi connectivity index (χ2v) is 4.39. The molecular formula is C11H10N2O3S. The molecule has 0 unspecified atom stereocenters. The highest BCUT2D eigenvalue weighted by molar-refractivity contribution is 7.99. The van der Waals surface area contributed by atoms with Crippen LogP contribution < -0.4 is 0 Å². The Morgan fingerprint density at radius 1 is 1.47 bits per heavy atom. The highest BCUT2D eigenvalue weighted by Crippen LogP contribution is 2.30. The van der Waals surface area contributed by atoms with E-state index in [4.69, 9.17) is 9.52 Å². The zero-order chi connectivity index (χ0) is 12.4. The molecule has 0 atom stereocenters. The predicted octanol–water partition coefficient (Wildman–Crippen LogP) is 2.54. The summed E-state index contributed by atoms with van der Waals surface area (Å²) in [5.74, 6) is -0.261. The van der Waals surface area contributed by atoms with Gasteiger partial charge in [0.05, 0.1) is 11.3 Å². The minimum absolute atomic E-state index is 0.193. The van der Waals surface area contributed by atoms with E-state index < -0.39 is 5.97 Å². The summed E-state index contributed by atoms with van der Waals surface area (Å²) in [7, 11) is 0. The van der Waals surface area contributed by atoms with E-state index in [-0.39, 0.29) is 5.56 Å². The molecule has 0 saturated carbocycles. The number of aryl methyl sites for hydroxylation is 2. The largest absolute Gasteiger partial charge is 0.478 e. The third kappa shape index (κ3) is 2.47. The monoisotopic (exact) mass is 250 g/mol. The lowest BCUT2D eigenvalue weighted by Gasteiger charge is -2.00. The van der Waals surface area contributed by atoms with E-state index in [1.807, 2.05) is 13.8 Å². The van der Waals surface area contributed by atoms with E-state index >= 15 is 0 Å². The molecule has 1 N–H and O–H groups in total. The Morgan fingerprint density at radius 3 is 2.82 bits per heavy atom. The number of aromatic nitrogens is 2. The van der Waals surface area contributed by atoms with Gasteiger partial charge in [0.15, 0.2) is 0 Å². The third-order valence-electron chi connectivity index (χ3n) is 2.22. The van der Waals surface area contributed by atoms with Gasteiger partial charge < -0.3 is 9.52 Å². The number of carboxylic acids is 1. The van der Waals surface area contributed by atoms with Crippen molar-refractivity contribution in [1.82, 2.24) is 9.97 Å². The number of aromatic carboxylic acids is 1. The Labute approximate surface area is 102 Å². The van der Waals surface area contributed by atoms with Crippen molar-refractivity contribution in [2.75, 3.05) is 0 Å². The molecule has 2 aromatic heterocycles. The van der Waals surface area contributed by atoms with Crippen LogP contribution in [-0.2, 0) is 0 Å². The molecule has 2 aromatic rings. The fourth-order valence-corrected chi connectivity index (χ4v) is 2.14. The number of carboxylic acid groups (broad SMARTS) is 1. The molecule has 2 heterocycles. The van der Waals surface area contributed by atoms with Crippen molar-refractivity contribution in [3.8, 4) is 0 Å². The Morgan fingerprint density at radius 2 is 2.24 bits per heavy atom. The normalized spacial score (nSPS) is 10.5. The summed E-state index contributed by atoms with van der Waals surface area (Å²) in [6, 6.07) is 1.45. The Balaban J connectivity index is 2.33. The zero-order valence-corrected chi connectivity index (χ0v) is 10.1. The highest BCUT2D eigenvalue weighted by atomic mass is 32.2. The van der Waals surface area contributed by atoms with E-state index in [1.165, 1.54) is 18.5 Å². The maximum Gasteiger partial charge on any atom is 0.336 e. The van der Waals surface area contributed by atoms with Crippen molar-refractivity contribution >= 4 is 17.7 Å². The first-order valence-electron chi connectivity index (χ1n) is 4.87. The molecule has 0 aliphatic carbocycles. The third-order valence-corrected chi connectivity index (χ3v) is 3.12. The van der Waals surface area contributed by atoms with Gasteiger partial charge in [-0.05, 0) is 31.7 Å². The van der Waals surface area contributed by atoms with Gasteiger partial charge in [0, 0.05) is 17.3 Å². The molecule has 0 aliphatic rings. The molecule has 0 bridgehead atoms.